The zero-order valence-electron chi connectivity index (χ0n) is 11.8. The Morgan fingerprint density at radius 1 is 1.30 bits per heavy atom. The molecule has 0 spiro atoms. The second kappa shape index (κ2) is 8.52. The molecule has 2 atom stereocenters. The highest BCUT2D eigenvalue weighted by atomic mass is 16.4. The van der Waals surface area contributed by atoms with Gasteiger partial charge in [0.2, 0.25) is 0 Å². The molecule has 20 heavy (non-hydrogen) atoms. The number of carboxylic acid groups (broad SMARTS) is 1. The minimum absolute atomic E-state index is 0.0356. The monoisotopic (exact) mass is 280 g/mol. The van der Waals surface area contributed by atoms with Gasteiger partial charge in [-0.05, 0) is 31.0 Å². The van der Waals surface area contributed by atoms with Crippen molar-refractivity contribution >= 4 is 11.7 Å². The van der Waals surface area contributed by atoms with Crippen LogP contribution in [0.4, 0.5) is 5.69 Å². The molecule has 0 amide bonds. The van der Waals surface area contributed by atoms with Crippen LogP contribution in [0.1, 0.15) is 12.5 Å². The summed E-state index contributed by atoms with van der Waals surface area (Å²) in [7, 11) is 0. The predicted molar refractivity (Wildman–Crippen MR) is 80.5 cm³/mol. The smallest absolute Gasteiger partial charge is 0.317 e. The summed E-state index contributed by atoms with van der Waals surface area (Å²) in [6, 6.07) is 7.71. The number of nitrogens with one attached hydrogen (secondary N) is 2. The second-order valence-corrected chi connectivity index (χ2v) is 5.05. The summed E-state index contributed by atoms with van der Waals surface area (Å²) in [4.78, 5) is 10.7. The number of benzene rings is 1. The molecule has 0 heterocycles. The van der Waals surface area contributed by atoms with E-state index in [0.717, 1.165) is 17.7 Å². The molecule has 1 rings (SSSR count). The van der Waals surface area contributed by atoms with Crippen molar-refractivity contribution in [2.24, 2.45) is 5.73 Å². The van der Waals surface area contributed by atoms with E-state index in [9.17, 15) is 4.79 Å². The van der Waals surface area contributed by atoms with E-state index in [1.807, 2.05) is 31.2 Å². The number of rotatable bonds is 9. The fourth-order valence-electron chi connectivity index (χ4n) is 1.87. The van der Waals surface area contributed by atoms with E-state index >= 15 is 0 Å². The molecule has 0 saturated carbocycles. The molecule has 0 saturated heterocycles. The standard InChI is InChI=1S/C14H24N4O2/c1-10(15)7-17-8-13(18-9-14(19)20)6-11-2-4-12(16)5-3-11/h2-5,10,13,17-18H,6-9,15-16H2,1H3,(H,19,20). The van der Waals surface area contributed by atoms with Crippen LogP contribution >= 0.6 is 0 Å². The maximum Gasteiger partial charge on any atom is 0.317 e. The van der Waals surface area contributed by atoms with Crippen molar-refractivity contribution in [1.29, 1.82) is 0 Å². The van der Waals surface area contributed by atoms with Crippen molar-refractivity contribution in [3.8, 4) is 0 Å². The van der Waals surface area contributed by atoms with Crippen LogP contribution in [-0.4, -0.2) is 42.8 Å². The number of anilines is 1. The highest BCUT2D eigenvalue weighted by Gasteiger charge is 2.11. The lowest BCUT2D eigenvalue weighted by atomic mass is 10.1. The molecule has 0 aliphatic rings. The van der Waals surface area contributed by atoms with Gasteiger partial charge in [0.15, 0.2) is 0 Å². The third-order valence-electron chi connectivity index (χ3n) is 2.86. The molecule has 1 aromatic rings. The van der Waals surface area contributed by atoms with Crippen molar-refractivity contribution in [3.05, 3.63) is 29.8 Å². The Balaban J connectivity index is 2.51. The normalized spacial score (nSPS) is 13.9. The van der Waals surface area contributed by atoms with Crippen molar-refractivity contribution in [2.45, 2.75) is 25.4 Å². The molecule has 6 heteroatoms. The fourth-order valence-corrected chi connectivity index (χ4v) is 1.87. The fraction of sp³-hybridized carbons (Fsp3) is 0.500. The van der Waals surface area contributed by atoms with Gasteiger partial charge in [-0.25, -0.2) is 0 Å². The van der Waals surface area contributed by atoms with Gasteiger partial charge in [-0.2, -0.15) is 0 Å². The first-order chi connectivity index (χ1) is 9.47. The van der Waals surface area contributed by atoms with Crippen LogP contribution in [0.3, 0.4) is 0 Å². The van der Waals surface area contributed by atoms with Crippen molar-refractivity contribution < 1.29 is 9.90 Å². The number of nitrogens with two attached hydrogens (primary N) is 2. The van der Waals surface area contributed by atoms with Gasteiger partial charge < -0.3 is 27.2 Å². The Morgan fingerprint density at radius 3 is 2.50 bits per heavy atom. The summed E-state index contributed by atoms with van der Waals surface area (Å²) < 4.78 is 0. The van der Waals surface area contributed by atoms with Gasteiger partial charge in [0.1, 0.15) is 0 Å². The van der Waals surface area contributed by atoms with E-state index in [-0.39, 0.29) is 18.6 Å². The van der Waals surface area contributed by atoms with Gasteiger partial charge in [-0.1, -0.05) is 12.1 Å². The molecular formula is C14H24N4O2. The molecule has 0 bridgehead atoms. The summed E-state index contributed by atoms with van der Waals surface area (Å²) in [5.41, 5.74) is 13.2. The molecule has 0 aliphatic carbocycles. The van der Waals surface area contributed by atoms with E-state index in [1.54, 1.807) is 0 Å². The average Bonchev–Trinajstić information content (AvgIpc) is 2.37. The minimum Gasteiger partial charge on any atom is -0.480 e. The number of aliphatic carboxylic acids is 1. The quantitative estimate of drug-likeness (QED) is 0.400. The van der Waals surface area contributed by atoms with Crippen molar-refractivity contribution in [3.63, 3.8) is 0 Å². The topological polar surface area (TPSA) is 113 Å². The number of carbonyl (C=O) groups is 1. The summed E-state index contributed by atoms with van der Waals surface area (Å²) in [6.07, 6.45) is 0.736. The first-order valence-corrected chi connectivity index (χ1v) is 6.73. The van der Waals surface area contributed by atoms with Crippen LogP contribution in [0.15, 0.2) is 24.3 Å². The number of hydrogen-bond donors (Lipinski definition) is 5. The molecule has 0 radical (unpaired) electrons. The van der Waals surface area contributed by atoms with E-state index in [2.05, 4.69) is 10.6 Å². The maximum absolute atomic E-state index is 10.7. The molecule has 0 aliphatic heterocycles. The number of carboxylic acids is 1. The highest BCUT2D eigenvalue weighted by Crippen LogP contribution is 2.07. The molecular weight excluding hydrogens is 256 g/mol. The zero-order valence-corrected chi connectivity index (χ0v) is 11.8. The lowest BCUT2D eigenvalue weighted by Gasteiger charge is -2.19. The summed E-state index contributed by atoms with van der Waals surface area (Å²) in [5, 5.41) is 15.0. The molecule has 2 unspecified atom stereocenters. The lowest BCUT2D eigenvalue weighted by molar-refractivity contribution is -0.136. The highest BCUT2D eigenvalue weighted by molar-refractivity contribution is 5.69. The average molecular weight is 280 g/mol. The van der Waals surface area contributed by atoms with Gasteiger partial charge in [0.25, 0.3) is 0 Å². The van der Waals surface area contributed by atoms with Gasteiger partial charge >= 0.3 is 5.97 Å². The van der Waals surface area contributed by atoms with Crippen LogP contribution in [0.25, 0.3) is 0 Å². The molecule has 0 aromatic heterocycles. The predicted octanol–water partition coefficient (Wildman–Crippen LogP) is -0.209. The van der Waals surface area contributed by atoms with Crippen molar-refractivity contribution in [2.75, 3.05) is 25.4 Å². The Kier molecular flexibility index (Phi) is 7.00. The molecule has 112 valence electrons. The third kappa shape index (κ3) is 7.08. The zero-order chi connectivity index (χ0) is 15.0. The Bertz CT molecular complexity index is 406. The first-order valence-electron chi connectivity index (χ1n) is 6.73. The molecule has 0 fully saturated rings. The maximum atomic E-state index is 10.7. The van der Waals surface area contributed by atoms with Crippen LogP contribution in [-0.2, 0) is 11.2 Å². The van der Waals surface area contributed by atoms with Crippen molar-refractivity contribution in [1.82, 2.24) is 10.6 Å². The molecule has 1 aromatic carbocycles. The molecule has 6 nitrogen and oxygen atoms in total. The second-order valence-electron chi connectivity index (χ2n) is 5.05. The van der Waals surface area contributed by atoms with Crippen LogP contribution < -0.4 is 22.1 Å². The Labute approximate surface area is 119 Å². The van der Waals surface area contributed by atoms with Crippen LogP contribution in [0.5, 0.6) is 0 Å². The summed E-state index contributed by atoms with van der Waals surface area (Å²) >= 11 is 0. The third-order valence-corrected chi connectivity index (χ3v) is 2.86. The van der Waals surface area contributed by atoms with Gasteiger partial charge in [-0.3, -0.25) is 4.79 Å². The van der Waals surface area contributed by atoms with E-state index in [1.165, 1.54) is 0 Å². The minimum atomic E-state index is -0.862. The van der Waals surface area contributed by atoms with Gasteiger partial charge in [0, 0.05) is 30.9 Å². The largest absolute Gasteiger partial charge is 0.480 e. The van der Waals surface area contributed by atoms with E-state index in [0.29, 0.717) is 13.1 Å². The van der Waals surface area contributed by atoms with E-state index < -0.39 is 5.97 Å². The Morgan fingerprint density at radius 2 is 1.95 bits per heavy atom. The van der Waals surface area contributed by atoms with Crippen LogP contribution in [0, 0.1) is 0 Å². The molecule has 7 N–H and O–H groups in total. The van der Waals surface area contributed by atoms with E-state index in [4.69, 9.17) is 16.6 Å². The summed E-state index contributed by atoms with van der Waals surface area (Å²) in [5.74, 6) is -0.862. The Hall–Kier alpha value is -1.63. The number of nitrogen functional groups attached to an aromatic ring is 1. The van der Waals surface area contributed by atoms with Gasteiger partial charge in [0.05, 0.1) is 6.54 Å². The SMILES string of the molecule is CC(N)CNCC(Cc1ccc(N)cc1)NCC(=O)O. The first kappa shape index (κ1) is 16.4. The summed E-state index contributed by atoms with van der Waals surface area (Å²) in [6.45, 7) is 3.23. The van der Waals surface area contributed by atoms with Gasteiger partial charge in [-0.15, -0.1) is 0 Å². The lowest BCUT2D eigenvalue weighted by Crippen LogP contribution is -2.44. The van der Waals surface area contributed by atoms with Crippen LogP contribution in [0.2, 0.25) is 0 Å². The number of hydrogen-bond acceptors (Lipinski definition) is 5.